The van der Waals surface area contributed by atoms with Gasteiger partial charge in [-0.05, 0) is 56.8 Å². The van der Waals surface area contributed by atoms with Crippen molar-refractivity contribution in [3.05, 3.63) is 0 Å². The largest absolute Gasteiger partial charge is 0.341 e. The first-order valence-corrected chi connectivity index (χ1v) is 9.91. The lowest BCUT2D eigenvalue weighted by atomic mass is 9.75. The van der Waals surface area contributed by atoms with Gasteiger partial charge < -0.3 is 10.2 Å². The van der Waals surface area contributed by atoms with E-state index in [2.05, 4.69) is 12.2 Å². The van der Waals surface area contributed by atoms with Crippen molar-refractivity contribution in [3.63, 3.8) is 0 Å². The van der Waals surface area contributed by atoms with Crippen LogP contribution >= 0.6 is 0 Å². The average Bonchev–Trinajstić information content (AvgIpc) is 3.39. The normalized spacial score (nSPS) is 29.2. The summed E-state index contributed by atoms with van der Waals surface area (Å²) in [6.45, 7) is 5.56. The van der Waals surface area contributed by atoms with Gasteiger partial charge in [0.1, 0.15) is 12.1 Å². The third-order valence-electron chi connectivity index (χ3n) is 6.10. The molecule has 1 heterocycles. The Kier molecular flexibility index (Phi) is 5.35. The average molecular weight is 349 g/mol. The second-order valence-electron chi connectivity index (χ2n) is 8.04. The minimum Gasteiger partial charge on any atom is -0.341 e. The topological polar surface area (TPSA) is 69.7 Å². The van der Waals surface area contributed by atoms with Gasteiger partial charge in [0.15, 0.2) is 0 Å². The van der Waals surface area contributed by atoms with E-state index < -0.39 is 11.6 Å². The molecule has 4 amide bonds. The van der Waals surface area contributed by atoms with E-state index in [9.17, 15) is 14.4 Å². The monoisotopic (exact) mass is 349 g/mol. The molecular formula is C19H31N3O3. The van der Waals surface area contributed by atoms with Gasteiger partial charge in [0.05, 0.1) is 0 Å². The summed E-state index contributed by atoms with van der Waals surface area (Å²) in [4.78, 5) is 40.9. The van der Waals surface area contributed by atoms with Crippen LogP contribution in [0.4, 0.5) is 4.79 Å². The molecule has 1 aliphatic heterocycles. The maximum atomic E-state index is 12.9. The Labute approximate surface area is 150 Å². The van der Waals surface area contributed by atoms with Gasteiger partial charge in [-0.3, -0.25) is 14.5 Å². The molecule has 0 aromatic rings. The molecule has 3 rings (SSSR count). The molecule has 1 N–H and O–H groups in total. The van der Waals surface area contributed by atoms with Crippen molar-refractivity contribution in [1.82, 2.24) is 15.1 Å². The molecule has 6 heteroatoms. The molecule has 3 fully saturated rings. The van der Waals surface area contributed by atoms with E-state index in [-0.39, 0.29) is 18.4 Å². The van der Waals surface area contributed by atoms with E-state index in [4.69, 9.17) is 0 Å². The van der Waals surface area contributed by atoms with E-state index in [1.807, 2.05) is 11.8 Å². The van der Waals surface area contributed by atoms with Gasteiger partial charge in [-0.25, -0.2) is 4.79 Å². The Hall–Kier alpha value is -1.59. The van der Waals surface area contributed by atoms with Crippen LogP contribution in [0.15, 0.2) is 0 Å². The molecule has 0 bridgehead atoms. The number of amides is 4. The van der Waals surface area contributed by atoms with Gasteiger partial charge in [-0.1, -0.05) is 20.3 Å². The standard InChI is InChI=1S/C19H31N3O3/c1-3-11-21(12-15-5-6-15)16(23)13-22-17(24)19(20-18(22)25)9-7-14(4-2)8-10-19/h14-15H,3-13H2,1-2H3,(H,20,25). The minimum atomic E-state index is -0.755. The molecule has 1 spiro atoms. The Balaban J connectivity index is 1.63. The fraction of sp³-hybridized carbons (Fsp3) is 0.842. The summed E-state index contributed by atoms with van der Waals surface area (Å²) in [6.07, 6.45) is 7.69. The van der Waals surface area contributed by atoms with Crippen LogP contribution in [-0.2, 0) is 9.59 Å². The highest BCUT2D eigenvalue weighted by atomic mass is 16.2. The predicted octanol–water partition coefficient (Wildman–Crippen LogP) is 2.53. The second kappa shape index (κ2) is 7.34. The molecule has 2 saturated carbocycles. The van der Waals surface area contributed by atoms with Gasteiger partial charge in [0.25, 0.3) is 5.91 Å². The molecule has 1 saturated heterocycles. The number of carbonyl (C=O) groups is 3. The summed E-state index contributed by atoms with van der Waals surface area (Å²) in [7, 11) is 0. The highest BCUT2D eigenvalue weighted by Gasteiger charge is 2.52. The maximum Gasteiger partial charge on any atom is 0.325 e. The number of hydrogen-bond donors (Lipinski definition) is 1. The van der Waals surface area contributed by atoms with Crippen molar-refractivity contribution < 1.29 is 14.4 Å². The number of rotatable bonds is 7. The van der Waals surface area contributed by atoms with Crippen LogP contribution in [0.5, 0.6) is 0 Å². The zero-order valence-corrected chi connectivity index (χ0v) is 15.6. The third-order valence-corrected chi connectivity index (χ3v) is 6.10. The SMILES string of the molecule is CCCN(CC1CC1)C(=O)CN1C(=O)NC2(CCC(CC)CC2)C1=O. The van der Waals surface area contributed by atoms with Crippen LogP contribution in [0.25, 0.3) is 0 Å². The van der Waals surface area contributed by atoms with E-state index in [0.29, 0.717) is 31.2 Å². The Morgan fingerprint density at radius 3 is 2.40 bits per heavy atom. The fourth-order valence-corrected chi connectivity index (χ4v) is 4.17. The number of nitrogens with one attached hydrogen (secondary N) is 1. The van der Waals surface area contributed by atoms with Crippen LogP contribution < -0.4 is 5.32 Å². The van der Waals surface area contributed by atoms with Gasteiger partial charge in [0, 0.05) is 13.1 Å². The summed E-state index contributed by atoms with van der Waals surface area (Å²) in [5.41, 5.74) is -0.755. The Morgan fingerprint density at radius 2 is 1.84 bits per heavy atom. The summed E-state index contributed by atoms with van der Waals surface area (Å²) >= 11 is 0. The van der Waals surface area contributed by atoms with Crippen LogP contribution in [-0.4, -0.2) is 52.8 Å². The molecule has 0 atom stereocenters. The number of urea groups is 1. The van der Waals surface area contributed by atoms with E-state index in [1.165, 1.54) is 12.8 Å². The van der Waals surface area contributed by atoms with Crippen molar-refractivity contribution in [2.45, 2.75) is 70.8 Å². The zero-order chi connectivity index (χ0) is 18.0. The third kappa shape index (κ3) is 3.82. The van der Waals surface area contributed by atoms with Crippen molar-refractivity contribution in [3.8, 4) is 0 Å². The summed E-state index contributed by atoms with van der Waals surface area (Å²) in [5, 5.41) is 2.91. The highest BCUT2D eigenvalue weighted by Crippen LogP contribution is 2.37. The van der Waals surface area contributed by atoms with Crippen LogP contribution in [0.1, 0.15) is 65.2 Å². The first-order chi connectivity index (χ1) is 12.0. The van der Waals surface area contributed by atoms with Gasteiger partial charge in [-0.15, -0.1) is 0 Å². The van der Waals surface area contributed by atoms with Crippen LogP contribution in [0, 0.1) is 11.8 Å². The molecule has 0 unspecified atom stereocenters. The van der Waals surface area contributed by atoms with Crippen LogP contribution in [0.2, 0.25) is 0 Å². The zero-order valence-electron chi connectivity index (χ0n) is 15.6. The minimum absolute atomic E-state index is 0.100. The van der Waals surface area contributed by atoms with Crippen LogP contribution in [0.3, 0.4) is 0 Å². The van der Waals surface area contributed by atoms with Crippen molar-refractivity contribution in [2.24, 2.45) is 11.8 Å². The number of imide groups is 1. The van der Waals surface area contributed by atoms with Gasteiger partial charge in [0.2, 0.25) is 5.91 Å². The second-order valence-corrected chi connectivity index (χ2v) is 8.04. The van der Waals surface area contributed by atoms with Crippen molar-refractivity contribution in [1.29, 1.82) is 0 Å². The number of nitrogens with zero attached hydrogens (tertiary/aromatic N) is 2. The van der Waals surface area contributed by atoms with Gasteiger partial charge in [-0.2, -0.15) is 0 Å². The lowest BCUT2D eigenvalue weighted by molar-refractivity contribution is -0.139. The van der Waals surface area contributed by atoms with E-state index in [0.717, 1.165) is 37.1 Å². The fourth-order valence-electron chi connectivity index (χ4n) is 4.17. The highest BCUT2D eigenvalue weighted by molar-refractivity contribution is 6.09. The van der Waals surface area contributed by atoms with E-state index >= 15 is 0 Å². The molecule has 0 aromatic carbocycles. The molecule has 6 nitrogen and oxygen atoms in total. The summed E-state index contributed by atoms with van der Waals surface area (Å²) in [5.74, 6) is 0.957. The predicted molar refractivity (Wildman–Crippen MR) is 94.8 cm³/mol. The lowest BCUT2D eigenvalue weighted by Gasteiger charge is -2.34. The summed E-state index contributed by atoms with van der Waals surface area (Å²) < 4.78 is 0. The molecule has 2 aliphatic carbocycles. The summed E-state index contributed by atoms with van der Waals surface area (Å²) in [6, 6.07) is -0.392. The molecule has 0 radical (unpaired) electrons. The molecule has 140 valence electrons. The number of hydrogen-bond acceptors (Lipinski definition) is 3. The van der Waals surface area contributed by atoms with Crippen molar-refractivity contribution in [2.75, 3.05) is 19.6 Å². The smallest absolute Gasteiger partial charge is 0.325 e. The first-order valence-electron chi connectivity index (χ1n) is 9.91. The molecule has 3 aliphatic rings. The number of carbonyl (C=O) groups excluding carboxylic acids is 3. The lowest BCUT2D eigenvalue weighted by Crippen LogP contribution is -2.50. The Morgan fingerprint density at radius 1 is 1.16 bits per heavy atom. The maximum absolute atomic E-state index is 12.9. The van der Waals surface area contributed by atoms with Crippen molar-refractivity contribution >= 4 is 17.8 Å². The van der Waals surface area contributed by atoms with E-state index in [1.54, 1.807) is 0 Å². The molecular weight excluding hydrogens is 318 g/mol. The van der Waals surface area contributed by atoms with Gasteiger partial charge >= 0.3 is 6.03 Å². The quantitative estimate of drug-likeness (QED) is 0.718. The molecule has 25 heavy (non-hydrogen) atoms. The first kappa shape index (κ1) is 18.2. The Bertz CT molecular complexity index is 536. The molecule has 0 aromatic heterocycles.